The van der Waals surface area contributed by atoms with Crippen LogP contribution in [0.4, 0.5) is 10.8 Å². The summed E-state index contributed by atoms with van der Waals surface area (Å²) < 4.78 is 1.86. The first-order chi connectivity index (χ1) is 14.8. The molecule has 0 spiro atoms. The molecule has 0 radical (unpaired) electrons. The fourth-order valence-corrected chi connectivity index (χ4v) is 4.62. The van der Waals surface area contributed by atoms with E-state index in [4.69, 9.17) is 0 Å². The van der Waals surface area contributed by atoms with Gasteiger partial charge in [-0.2, -0.15) is 0 Å². The number of thioether (sulfide) groups is 1. The molecule has 3 rings (SSSR count). The molecule has 0 unspecified atom stereocenters. The molecule has 1 aromatic carbocycles. The van der Waals surface area contributed by atoms with Crippen LogP contribution >= 0.6 is 23.1 Å². The Kier molecular flexibility index (Phi) is 7.45. The molecule has 1 atom stereocenters. The van der Waals surface area contributed by atoms with Crippen LogP contribution in [-0.2, 0) is 22.6 Å². The standard InChI is InChI=1S/C21H26N6O2S2/c1-6-27-17(11-18(28)23-16-9-7-8-12(2)10-16)25-26-21(27)31-15(5)19(29)24-20-22-13(3)14(4)30-20/h7-10,15H,6,11H2,1-5H3,(H,23,28)(H,22,24,29)/t15-/m1/s1. The number of hydrogen-bond acceptors (Lipinski definition) is 7. The minimum Gasteiger partial charge on any atom is -0.326 e. The van der Waals surface area contributed by atoms with E-state index in [0.29, 0.717) is 22.7 Å². The molecule has 0 saturated heterocycles. The van der Waals surface area contributed by atoms with Crippen molar-refractivity contribution in [3.63, 3.8) is 0 Å². The first kappa shape index (κ1) is 23.0. The molecule has 2 amide bonds. The van der Waals surface area contributed by atoms with E-state index in [0.717, 1.165) is 21.8 Å². The summed E-state index contributed by atoms with van der Waals surface area (Å²) in [5, 5.41) is 15.0. The molecule has 8 nitrogen and oxygen atoms in total. The van der Waals surface area contributed by atoms with Crippen molar-refractivity contribution in [1.82, 2.24) is 19.7 Å². The van der Waals surface area contributed by atoms with Gasteiger partial charge in [-0.05, 0) is 52.3 Å². The number of thiazole rings is 1. The van der Waals surface area contributed by atoms with Gasteiger partial charge < -0.3 is 15.2 Å². The van der Waals surface area contributed by atoms with E-state index in [2.05, 4.69) is 25.8 Å². The fourth-order valence-electron chi connectivity index (χ4n) is 2.87. The summed E-state index contributed by atoms with van der Waals surface area (Å²) in [6, 6.07) is 7.63. The Hall–Kier alpha value is -2.72. The van der Waals surface area contributed by atoms with E-state index in [1.807, 2.05) is 63.5 Å². The van der Waals surface area contributed by atoms with Crippen molar-refractivity contribution in [1.29, 1.82) is 0 Å². The largest absolute Gasteiger partial charge is 0.326 e. The van der Waals surface area contributed by atoms with Gasteiger partial charge in [0.25, 0.3) is 0 Å². The predicted octanol–water partition coefficient (Wildman–Crippen LogP) is 3.98. The number of rotatable bonds is 8. The second-order valence-electron chi connectivity index (χ2n) is 7.15. The van der Waals surface area contributed by atoms with Crippen LogP contribution in [0, 0.1) is 20.8 Å². The van der Waals surface area contributed by atoms with Crippen molar-refractivity contribution in [2.45, 2.75) is 58.0 Å². The van der Waals surface area contributed by atoms with Crippen molar-refractivity contribution >= 4 is 45.7 Å². The monoisotopic (exact) mass is 458 g/mol. The summed E-state index contributed by atoms with van der Waals surface area (Å²) >= 11 is 2.77. The van der Waals surface area contributed by atoms with Gasteiger partial charge in [-0.15, -0.1) is 21.5 Å². The molecule has 31 heavy (non-hydrogen) atoms. The highest BCUT2D eigenvalue weighted by atomic mass is 32.2. The van der Waals surface area contributed by atoms with Crippen molar-refractivity contribution in [3.8, 4) is 0 Å². The number of carbonyl (C=O) groups is 2. The fraction of sp³-hybridized carbons (Fsp3) is 0.381. The molecule has 0 saturated carbocycles. The van der Waals surface area contributed by atoms with Gasteiger partial charge in [-0.3, -0.25) is 9.59 Å². The number of hydrogen-bond donors (Lipinski definition) is 2. The third kappa shape index (κ3) is 5.92. The Balaban J connectivity index is 1.63. The molecule has 10 heteroatoms. The van der Waals surface area contributed by atoms with E-state index < -0.39 is 5.25 Å². The number of carbonyl (C=O) groups excluding carboxylic acids is 2. The highest BCUT2D eigenvalue weighted by molar-refractivity contribution is 8.00. The molecule has 0 aliphatic carbocycles. The SMILES string of the molecule is CCn1c(CC(=O)Nc2cccc(C)c2)nnc1S[C@H](C)C(=O)Nc1nc(C)c(C)s1. The van der Waals surface area contributed by atoms with Crippen molar-refractivity contribution in [2.75, 3.05) is 10.6 Å². The van der Waals surface area contributed by atoms with Crippen LogP contribution in [0.2, 0.25) is 0 Å². The lowest BCUT2D eigenvalue weighted by molar-refractivity contribution is -0.116. The highest BCUT2D eigenvalue weighted by Crippen LogP contribution is 2.26. The van der Waals surface area contributed by atoms with Crippen molar-refractivity contribution in [2.24, 2.45) is 0 Å². The van der Waals surface area contributed by atoms with Crippen LogP contribution in [0.3, 0.4) is 0 Å². The summed E-state index contributed by atoms with van der Waals surface area (Å²) in [6.07, 6.45) is 0.105. The molecule has 2 N–H and O–H groups in total. The van der Waals surface area contributed by atoms with E-state index in [-0.39, 0.29) is 18.2 Å². The summed E-state index contributed by atoms with van der Waals surface area (Å²) in [5.41, 5.74) is 2.74. The van der Waals surface area contributed by atoms with E-state index in [1.54, 1.807) is 0 Å². The Morgan fingerprint density at radius 2 is 1.97 bits per heavy atom. The van der Waals surface area contributed by atoms with Gasteiger partial charge in [-0.1, -0.05) is 23.9 Å². The third-order valence-corrected chi connectivity index (χ3v) is 6.71. The van der Waals surface area contributed by atoms with Crippen LogP contribution in [0.5, 0.6) is 0 Å². The Labute approximate surface area is 189 Å². The maximum atomic E-state index is 12.6. The molecule has 0 fully saturated rings. The van der Waals surface area contributed by atoms with Crippen molar-refractivity contribution < 1.29 is 9.59 Å². The number of benzene rings is 1. The van der Waals surface area contributed by atoms with Crippen LogP contribution in [0.1, 0.15) is 35.8 Å². The maximum Gasteiger partial charge on any atom is 0.239 e. The van der Waals surface area contributed by atoms with Crippen LogP contribution in [-0.4, -0.2) is 36.8 Å². The maximum absolute atomic E-state index is 12.6. The van der Waals surface area contributed by atoms with E-state index >= 15 is 0 Å². The summed E-state index contributed by atoms with van der Waals surface area (Å²) in [6.45, 7) is 10.2. The first-order valence-corrected chi connectivity index (χ1v) is 11.7. The number of nitrogens with zero attached hydrogens (tertiary/aromatic N) is 4. The quantitative estimate of drug-likeness (QED) is 0.495. The van der Waals surface area contributed by atoms with Gasteiger partial charge in [0, 0.05) is 17.1 Å². The molecular weight excluding hydrogens is 432 g/mol. The molecule has 0 aliphatic heterocycles. The van der Waals surface area contributed by atoms with Gasteiger partial charge in [0.2, 0.25) is 11.8 Å². The van der Waals surface area contributed by atoms with Crippen LogP contribution in [0.15, 0.2) is 29.4 Å². The van der Waals surface area contributed by atoms with Gasteiger partial charge in [0.1, 0.15) is 5.82 Å². The highest BCUT2D eigenvalue weighted by Gasteiger charge is 2.21. The molecule has 3 aromatic rings. The number of amides is 2. The molecule has 0 bridgehead atoms. The number of aromatic nitrogens is 4. The Morgan fingerprint density at radius 3 is 2.61 bits per heavy atom. The Morgan fingerprint density at radius 1 is 1.19 bits per heavy atom. The minimum absolute atomic E-state index is 0.105. The number of aryl methyl sites for hydroxylation is 3. The summed E-state index contributed by atoms with van der Waals surface area (Å²) in [5.74, 6) is 0.252. The summed E-state index contributed by atoms with van der Waals surface area (Å²) in [4.78, 5) is 30.5. The normalized spacial score (nSPS) is 11.9. The Bertz CT molecular complexity index is 1070. The molecule has 164 valence electrons. The summed E-state index contributed by atoms with van der Waals surface area (Å²) in [7, 11) is 0. The zero-order valence-corrected chi connectivity index (χ0v) is 19.9. The number of anilines is 2. The predicted molar refractivity (Wildman–Crippen MR) is 125 cm³/mol. The average Bonchev–Trinajstić information content (AvgIpc) is 3.23. The first-order valence-electron chi connectivity index (χ1n) is 9.97. The zero-order valence-electron chi connectivity index (χ0n) is 18.2. The van der Waals surface area contributed by atoms with Gasteiger partial charge in [0.15, 0.2) is 10.3 Å². The smallest absolute Gasteiger partial charge is 0.239 e. The average molecular weight is 459 g/mol. The minimum atomic E-state index is -0.395. The number of nitrogens with one attached hydrogen (secondary N) is 2. The van der Waals surface area contributed by atoms with Crippen LogP contribution < -0.4 is 10.6 Å². The van der Waals surface area contributed by atoms with Gasteiger partial charge in [-0.25, -0.2) is 4.98 Å². The lowest BCUT2D eigenvalue weighted by Gasteiger charge is -2.12. The molecule has 0 aliphatic rings. The second-order valence-corrected chi connectivity index (χ2v) is 9.66. The molecule has 2 heterocycles. The molecular formula is C21H26N6O2S2. The molecule has 2 aromatic heterocycles. The topological polar surface area (TPSA) is 102 Å². The van der Waals surface area contributed by atoms with Gasteiger partial charge >= 0.3 is 0 Å². The lowest BCUT2D eigenvalue weighted by atomic mass is 10.2. The van der Waals surface area contributed by atoms with E-state index in [1.165, 1.54) is 23.1 Å². The lowest BCUT2D eigenvalue weighted by Crippen LogP contribution is -2.23. The van der Waals surface area contributed by atoms with Gasteiger partial charge in [0.05, 0.1) is 17.4 Å². The van der Waals surface area contributed by atoms with Crippen LogP contribution in [0.25, 0.3) is 0 Å². The third-order valence-electron chi connectivity index (χ3n) is 4.64. The van der Waals surface area contributed by atoms with E-state index in [9.17, 15) is 9.59 Å². The second kappa shape index (κ2) is 10.1. The van der Waals surface area contributed by atoms with Crippen molar-refractivity contribution in [3.05, 3.63) is 46.2 Å². The zero-order chi connectivity index (χ0) is 22.5.